The van der Waals surface area contributed by atoms with Crippen molar-refractivity contribution in [3.05, 3.63) is 30.1 Å². The molecule has 1 unspecified atom stereocenters. The van der Waals surface area contributed by atoms with E-state index in [1.807, 2.05) is 20.8 Å². The summed E-state index contributed by atoms with van der Waals surface area (Å²) in [6, 6.07) is 2.24. The average Bonchev–Trinajstić information content (AvgIpc) is 2.61. The third-order valence-electron chi connectivity index (χ3n) is 4.71. The van der Waals surface area contributed by atoms with Gasteiger partial charge in [0.15, 0.2) is 11.6 Å². The second kappa shape index (κ2) is 7.85. The lowest BCUT2D eigenvalue weighted by atomic mass is 9.97. The predicted octanol–water partition coefficient (Wildman–Crippen LogP) is 3.99. The molecule has 0 bridgehead atoms. The van der Waals surface area contributed by atoms with Crippen molar-refractivity contribution in [2.45, 2.75) is 39.2 Å². The Morgan fingerprint density at radius 2 is 2.00 bits per heavy atom. The number of benzene rings is 1. The Bertz CT molecular complexity index is 869. The molecule has 1 fully saturated rings. The molecule has 6 nitrogen and oxygen atoms in total. The molecule has 1 aliphatic heterocycles. The van der Waals surface area contributed by atoms with Crippen LogP contribution in [-0.4, -0.2) is 53.2 Å². The first-order valence-electron chi connectivity index (χ1n) is 9.43. The van der Waals surface area contributed by atoms with Gasteiger partial charge in [0.1, 0.15) is 17.7 Å². The summed E-state index contributed by atoms with van der Waals surface area (Å²) in [6.07, 6.45) is 2.90. The van der Waals surface area contributed by atoms with E-state index in [1.165, 1.54) is 6.33 Å². The second-order valence-corrected chi connectivity index (χ2v) is 8.30. The van der Waals surface area contributed by atoms with E-state index < -0.39 is 17.2 Å². The topological polar surface area (TPSA) is 58.6 Å². The van der Waals surface area contributed by atoms with Gasteiger partial charge in [-0.15, -0.1) is 0 Å². The maximum absolute atomic E-state index is 13.8. The number of hydrogen-bond acceptors (Lipinski definition) is 5. The molecule has 1 amide bonds. The Hall–Kier alpha value is -2.51. The fraction of sp³-hybridized carbons (Fsp3) is 0.550. The lowest BCUT2D eigenvalue weighted by Crippen LogP contribution is -2.43. The van der Waals surface area contributed by atoms with Crippen LogP contribution in [-0.2, 0) is 4.74 Å². The maximum Gasteiger partial charge on any atom is 0.410 e. The summed E-state index contributed by atoms with van der Waals surface area (Å²) in [6.45, 7) is 7.49. The quantitative estimate of drug-likeness (QED) is 0.791. The number of fused-ring (bicyclic) bond motifs is 1. The van der Waals surface area contributed by atoms with Crippen LogP contribution in [0.5, 0.6) is 0 Å². The zero-order chi connectivity index (χ0) is 20.5. The minimum atomic E-state index is -0.923. The van der Waals surface area contributed by atoms with Crippen LogP contribution in [0.3, 0.4) is 0 Å². The van der Waals surface area contributed by atoms with Crippen molar-refractivity contribution in [2.24, 2.45) is 5.92 Å². The number of halogens is 2. The Kier molecular flexibility index (Phi) is 5.67. The van der Waals surface area contributed by atoms with Crippen molar-refractivity contribution < 1.29 is 18.3 Å². The van der Waals surface area contributed by atoms with E-state index in [1.54, 1.807) is 11.9 Å². The first-order valence-corrected chi connectivity index (χ1v) is 9.43. The lowest BCUT2D eigenvalue weighted by Gasteiger charge is -2.36. The maximum atomic E-state index is 13.8. The molecule has 2 aromatic rings. The molecule has 0 radical (unpaired) electrons. The van der Waals surface area contributed by atoms with Crippen LogP contribution in [0.25, 0.3) is 10.9 Å². The first-order chi connectivity index (χ1) is 13.1. The van der Waals surface area contributed by atoms with E-state index in [0.29, 0.717) is 29.8 Å². The molecule has 152 valence electrons. The smallest absolute Gasteiger partial charge is 0.410 e. The molecule has 0 spiro atoms. The van der Waals surface area contributed by atoms with Gasteiger partial charge in [0.2, 0.25) is 0 Å². The van der Waals surface area contributed by atoms with Crippen molar-refractivity contribution in [3.63, 3.8) is 0 Å². The number of carbonyl (C=O) groups is 1. The molecule has 1 aromatic heterocycles. The zero-order valence-corrected chi connectivity index (χ0v) is 16.7. The van der Waals surface area contributed by atoms with Crippen LogP contribution in [0.1, 0.15) is 33.6 Å². The molecular formula is C20H26F2N4O2. The van der Waals surface area contributed by atoms with Gasteiger partial charge in [-0.25, -0.2) is 23.5 Å². The van der Waals surface area contributed by atoms with E-state index >= 15 is 0 Å². The minimum absolute atomic E-state index is 0.224. The van der Waals surface area contributed by atoms with Gasteiger partial charge < -0.3 is 14.5 Å². The predicted molar refractivity (Wildman–Crippen MR) is 103 cm³/mol. The van der Waals surface area contributed by atoms with Gasteiger partial charge in [0, 0.05) is 38.1 Å². The molecule has 0 aliphatic carbocycles. The third kappa shape index (κ3) is 4.66. The summed E-state index contributed by atoms with van der Waals surface area (Å²) in [7, 11) is 1.73. The summed E-state index contributed by atoms with van der Waals surface area (Å²) in [5.74, 6) is -1.02. The number of piperidine rings is 1. The van der Waals surface area contributed by atoms with E-state index in [4.69, 9.17) is 4.74 Å². The molecule has 8 heteroatoms. The van der Waals surface area contributed by atoms with E-state index in [2.05, 4.69) is 14.9 Å². The van der Waals surface area contributed by atoms with Crippen molar-refractivity contribution in [3.8, 4) is 0 Å². The van der Waals surface area contributed by atoms with Crippen molar-refractivity contribution in [2.75, 3.05) is 31.6 Å². The van der Waals surface area contributed by atoms with Crippen LogP contribution < -0.4 is 4.90 Å². The third-order valence-corrected chi connectivity index (χ3v) is 4.71. The Morgan fingerprint density at radius 1 is 1.29 bits per heavy atom. The fourth-order valence-corrected chi connectivity index (χ4v) is 3.50. The van der Waals surface area contributed by atoms with Crippen LogP contribution >= 0.6 is 0 Å². The van der Waals surface area contributed by atoms with Gasteiger partial charge in [-0.2, -0.15) is 0 Å². The number of ether oxygens (including phenoxy) is 1. The number of hydrogen-bond donors (Lipinski definition) is 0. The molecule has 3 rings (SSSR count). The van der Waals surface area contributed by atoms with Gasteiger partial charge in [-0.05, 0) is 45.6 Å². The van der Waals surface area contributed by atoms with Crippen LogP contribution in [0.15, 0.2) is 18.5 Å². The highest BCUT2D eigenvalue weighted by Crippen LogP contribution is 2.29. The highest BCUT2D eigenvalue weighted by atomic mass is 19.2. The summed E-state index contributed by atoms with van der Waals surface area (Å²) in [5.41, 5.74) is -0.166. The molecule has 0 N–H and O–H groups in total. The van der Waals surface area contributed by atoms with Gasteiger partial charge in [-0.3, -0.25) is 0 Å². The summed E-state index contributed by atoms with van der Waals surface area (Å²) in [4.78, 5) is 24.2. The molecule has 1 atom stereocenters. The van der Waals surface area contributed by atoms with Crippen LogP contribution in [0.2, 0.25) is 0 Å². The largest absolute Gasteiger partial charge is 0.444 e. The van der Waals surface area contributed by atoms with E-state index in [0.717, 1.165) is 31.5 Å². The van der Waals surface area contributed by atoms with Gasteiger partial charge >= 0.3 is 6.09 Å². The fourth-order valence-electron chi connectivity index (χ4n) is 3.50. The Morgan fingerprint density at radius 3 is 2.71 bits per heavy atom. The second-order valence-electron chi connectivity index (χ2n) is 8.30. The molecule has 0 saturated carbocycles. The lowest BCUT2D eigenvalue weighted by molar-refractivity contribution is 0.0269. The average molecular weight is 392 g/mol. The highest BCUT2D eigenvalue weighted by Gasteiger charge is 2.27. The highest BCUT2D eigenvalue weighted by molar-refractivity contribution is 5.89. The number of nitrogens with zero attached hydrogens (tertiary/aromatic N) is 4. The normalized spacial score (nSPS) is 17.6. The monoisotopic (exact) mass is 392 g/mol. The minimum Gasteiger partial charge on any atom is -0.444 e. The molecular weight excluding hydrogens is 366 g/mol. The molecule has 1 saturated heterocycles. The van der Waals surface area contributed by atoms with Gasteiger partial charge in [0.05, 0.1) is 5.52 Å². The zero-order valence-electron chi connectivity index (χ0n) is 16.7. The van der Waals surface area contributed by atoms with E-state index in [-0.39, 0.29) is 12.0 Å². The number of anilines is 1. The standard InChI is InChI=1S/C20H26F2N4O2/c1-20(2,3)28-19(27)25(4)10-13-6-5-7-26(11-13)18-14-8-15(21)16(22)9-17(14)23-12-24-18/h8-9,12-13H,5-7,10-11H2,1-4H3. The summed E-state index contributed by atoms with van der Waals surface area (Å²) < 4.78 is 32.7. The van der Waals surface area contributed by atoms with Crippen molar-refractivity contribution in [1.29, 1.82) is 0 Å². The van der Waals surface area contributed by atoms with Crippen molar-refractivity contribution in [1.82, 2.24) is 14.9 Å². The SMILES string of the molecule is CN(CC1CCCN(c2ncnc3cc(F)c(F)cc23)C1)C(=O)OC(C)(C)C. The number of carbonyl (C=O) groups excluding carboxylic acids is 1. The number of rotatable bonds is 3. The van der Waals surface area contributed by atoms with Crippen LogP contribution in [0.4, 0.5) is 19.4 Å². The molecule has 2 heterocycles. The first kappa shape index (κ1) is 20.2. The summed E-state index contributed by atoms with van der Waals surface area (Å²) >= 11 is 0. The van der Waals surface area contributed by atoms with Gasteiger partial charge in [0.25, 0.3) is 0 Å². The van der Waals surface area contributed by atoms with Gasteiger partial charge in [-0.1, -0.05) is 0 Å². The Labute approximate surface area is 163 Å². The van der Waals surface area contributed by atoms with Crippen molar-refractivity contribution >= 4 is 22.8 Å². The van der Waals surface area contributed by atoms with E-state index in [9.17, 15) is 13.6 Å². The molecule has 28 heavy (non-hydrogen) atoms. The number of aromatic nitrogens is 2. The Balaban J connectivity index is 1.74. The molecule has 1 aliphatic rings. The molecule has 1 aromatic carbocycles. The number of amides is 1. The van der Waals surface area contributed by atoms with Crippen LogP contribution in [0, 0.1) is 17.6 Å². The summed E-state index contributed by atoms with van der Waals surface area (Å²) in [5, 5.41) is 0.488.